The Morgan fingerprint density at radius 1 is 1.23 bits per heavy atom. The molecular formula is C20H24ClN7O2. The number of amides is 1. The molecule has 1 aliphatic rings. The molecule has 5 N–H and O–H groups in total. The van der Waals surface area contributed by atoms with Crippen molar-refractivity contribution in [3.05, 3.63) is 47.5 Å². The van der Waals surface area contributed by atoms with Crippen LogP contribution >= 0.6 is 11.6 Å². The number of nitrogens with two attached hydrogens (primary N) is 1. The zero-order valence-corrected chi connectivity index (χ0v) is 17.1. The molecule has 4 rings (SSSR count). The molecule has 0 bridgehead atoms. The number of carbonyl (C=O) groups is 1. The average Bonchev–Trinajstić information content (AvgIpc) is 3.24. The van der Waals surface area contributed by atoms with Crippen LogP contribution in [0.3, 0.4) is 0 Å². The van der Waals surface area contributed by atoms with E-state index < -0.39 is 11.6 Å². The molecule has 2 aromatic heterocycles. The molecule has 9 nitrogen and oxygen atoms in total. The van der Waals surface area contributed by atoms with Crippen LogP contribution in [0.1, 0.15) is 30.9 Å². The molecule has 1 fully saturated rings. The van der Waals surface area contributed by atoms with E-state index in [2.05, 4.69) is 25.3 Å². The summed E-state index contributed by atoms with van der Waals surface area (Å²) in [5.74, 6) is 0.114. The molecule has 3 heterocycles. The van der Waals surface area contributed by atoms with Crippen LogP contribution in [-0.2, 0) is 4.79 Å². The van der Waals surface area contributed by atoms with Crippen molar-refractivity contribution in [2.24, 2.45) is 5.73 Å². The molecular weight excluding hydrogens is 406 g/mol. The summed E-state index contributed by atoms with van der Waals surface area (Å²) in [6.07, 6.45) is 4.21. The molecule has 0 spiro atoms. The van der Waals surface area contributed by atoms with E-state index >= 15 is 0 Å². The quantitative estimate of drug-likeness (QED) is 0.467. The number of aliphatic hydroxyl groups is 1. The number of nitrogens with zero attached hydrogens (tertiary/aromatic N) is 4. The van der Waals surface area contributed by atoms with Crippen molar-refractivity contribution in [2.45, 2.75) is 30.8 Å². The predicted molar refractivity (Wildman–Crippen MR) is 114 cm³/mol. The van der Waals surface area contributed by atoms with Crippen molar-refractivity contribution in [3.8, 4) is 0 Å². The fraction of sp³-hybridized carbons (Fsp3) is 0.400. The number of aromatic amines is 1. The first-order valence-electron chi connectivity index (χ1n) is 9.87. The Balaban J connectivity index is 1.86. The van der Waals surface area contributed by atoms with Gasteiger partial charge in [0.05, 0.1) is 17.9 Å². The maximum atomic E-state index is 13.9. The first-order valence-corrected chi connectivity index (χ1v) is 10.2. The highest BCUT2D eigenvalue weighted by Crippen LogP contribution is 2.35. The summed E-state index contributed by atoms with van der Waals surface area (Å²) in [6.45, 7) is 1.19. The third-order valence-corrected chi connectivity index (χ3v) is 5.79. The van der Waals surface area contributed by atoms with Gasteiger partial charge in [-0.15, -0.1) is 0 Å². The number of aliphatic hydroxyl groups excluding tert-OH is 1. The van der Waals surface area contributed by atoms with Crippen LogP contribution in [0.25, 0.3) is 11.2 Å². The van der Waals surface area contributed by atoms with E-state index in [1.807, 2.05) is 12.1 Å². The fourth-order valence-electron chi connectivity index (χ4n) is 3.89. The first-order chi connectivity index (χ1) is 14.5. The van der Waals surface area contributed by atoms with Gasteiger partial charge in [0.25, 0.3) is 0 Å². The van der Waals surface area contributed by atoms with Gasteiger partial charge in [0.2, 0.25) is 5.91 Å². The molecule has 1 saturated heterocycles. The van der Waals surface area contributed by atoms with Gasteiger partial charge in [-0.25, -0.2) is 15.0 Å². The zero-order chi connectivity index (χ0) is 21.1. The Morgan fingerprint density at radius 3 is 2.67 bits per heavy atom. The number of benzene rings is 1. The normalized spacial score (nSPS) is 17.0. The van der Waals surface area contributed by atoms with Crippen molar-refractivity contribution in [1.29, 1.82) is 0 Å². The number of rotatable bonds is 6. The average molecular weight is 430 g/mol. The van der Waals surface area contributed by atoms with E-state index in [0.29, 0.717) is 54.4 Å². The lowest BCUT2D eigenvalue weighted by molar-refractivity contribution is -0.125. The molecule has 0 saturated carbocycles. The minimum atomic E-state index is -1.04. The lowest BCUT2D eigenvalue weighted by atomic mass is 9.86. The Hall–Kier alpha value is -2.59. The van der Waals surface area contributed by atoms with Crippen LogP contribution in [0, 0.1) is 0 Å². The lowest BCUT2D eigenvalue weighted by Crippen LogP contribution is -2.60. The second-order valence-corrected chi connectivity index (χ2v) is 7.89. The van der Waals surface area contributed by atoms with Gasteiger partial charge in [0.1, 0.15) is 6.33 Å². The van der Waals surface area contributed by atoms with E-state index in [9.17, 15) is 9.90 Å². The molecule has 3 aromatic rings. The summed E-state index contributed by atoms with van der Waals surface area (Å²) < 4.78 is 0. The maximum Gasteiger partial charge on any atom is 0.248 e. The van der Waals surface area contributed by atoms with E-state index in [0.717, 1.165) is 5.56 Å². The molecule has 10 heteroatoms. The number of halogens is 1. The second-order valence-electron chi connectivity index (χ2n) is 7.46. The number of anilines is 1. The molecule has 0 radical (unpaired) electrons. The van der Waals surface area contributed by atoms with Crippen LogP contribution in [0.2, 0.25) is 5.02 Å². The minimum Gasteiger partial charge on any atom is -0.396 e. The van der Waals surface area contributed by atoms with Gasteiger partial charge < -0.3 is 21.1 Å². The number of imidazole rings is 1. The number of aromatic nitrogens is 4. The second kappa shape index (κ2) is 8.65. The molecule has 0 unspecified atom stereocenters. The molecule has 1 atom stereocenters. The summed E-state index contributed by atoms with van der Waals surface area (Å²) in [5, 5.41) is 13.6. The lowest BCUT2D eigenvalue weighted by Gasteiger charge is -2.40. The van der Waals surface area contributed by atoms with Crippen LogP contribution in [0.15, 0.2) is 36.9 Å². The van der Waals surface area contributed by atoms with Gasteiger partial charge in [-0.1, -0.05) is 23.7 Å². The Kier molecular flexibility index (Phi) is 5.96. The number of piperidine rings is 1. The summed E-state index contributed by atoms with van der Waals surface area (Å²) in [7, 11) is 0. The SMILES string of the molecule is NC1(C(=O)N(c2ncnc3[nH]cnc23)[C@@H](CCO)c2ccc(Cl)cc2)CCNCC1. The van der Waals surface area contributed by atoms with Crippen molar-refractivity contribution in [2.75, 3.05) is 24.6 Å². The van der Waals surface area contributed by atoms with E-state index in [1.165, 1.54) is 12.7 Å². The van der Waals surface area contributed by atoms with E-state index in [-0.39, 0.29) is 12.5 Å². The number of fused-ring (bicyclic) bond motifs is 1. The summed E-state index contributed by atoms with van der Waals surface area (Å²) in [4.78, 5) is 31.4. The van der Waals surface area contributed by atoms with Crippen LogP contribution < -0.4 is 16.0 Å². The van der Waals surface area contributed by atoms with Gasteiger partial charge in [-0.05, 0) is 50.0 Å². The Bertz CT molecular complexity index is 1020. The minimum absolute atomic E-state index is 0.120. The highest BCUT2D eigenvalue weighted by atomic mass is 35.5. The van der Waals surface area contributed by atoms with Crippen molar-refractivity contribution in [1.82, 2.24) is 25.3 Å². The Morgan fingerprint density at radius 2 is 1.97 bits per heavy atom. The molecule has 0 aliphatic carbocycles. The number of nitrogens with one attached hydrogen (secondary N) is 2. The molecule has 1 amide bonds. The molecule has 1 aromatic carbocycles. The first kappa shape index (κ1) is 20.7. The topological polar surface area (TPSA) is 133 Å². The maximum absolute atomic E-state index is 13.9. The monoisotopic (exact) mass is 429 g/mol. The number of H-pyrrole nitrogens is 1. The summed E-state index contributed by atoms with van der Waals surface area (Å²) in [6, 6.07) is 6.72. The fourth-order valence-corrected chi connectivity index (χ4v) is 4.02. The highest BCUT2D eigenvalue weighted by molar-refractivity contribution is 6.30. The predicted octanol–water partition coefficient (Wildman–Crippen LogP) is 1.54. The van der Waals surface area contributed by atoms with Gasteiger partial charge in [-0.2, -0.15) is 0 Å². The number of carbonyl (C=O) groups excluding carboxylic acids is 1. The molecule has 158 valence electrons. The third-order valence-electron chi connectivity index (χ3n) is 5.54. The standard InChI is InChI=1S/C20H24ClN7O2/c21-14-3-1-13(2-4-14)15(5-10-29)28(19(30)20(22)6-8-23-9-7-20)18-16-17(25-11-24-16)26-12-27-18/h1-4,11-12,15,23,29H,5-10,22H2,(H,24,25,26,27)/t15-/m0/s1. The highest BCUT2D eigenvalue weighted by Gasteiger charge is 2.42. The van der Waals surface area contributed by atoms with Gasteiger partial charge in [0.15, 0.2) is 17.0 Å². The third kappa shape index (κ3) is 3.89. The van der Waals surface area contributed by atoms with Gasteiger partial charge >= 0.3 is 0 Å². The largest absolute Gasteiger partial charge is 0.396 e. The summed E-state index contributed by atoms with van der Waals surface area (Å²) in [5.41, 5.74) is 7.38. The summed E-state index contributed by atoms with van der Waals surface area (Å²) >= 11 is 6.07. The molecule has 30 heavy (non-hydrogen) atoms. The zero-order valence-electron chi connectivity index (χ0n) is 16.4. The van der Waals surface area contributed by atoms with Crippen LogP contribution in [-0.4, -0.2) is 56.2 Å². The molecule has 1 aliphatic heterocycles. The van der Waals surface area contributed by atoms with Gasteiger partial charge in [0, 0.05) is 11.6 Å². The Labute approximate surface area is 178 Å². The van der Waals surface area contributed by atoms with Crippen LogP contribution in [0.5, 0.6) is 0 Å². The van der Waals surface area contributed by atoms with Crippen LogP contribution in [0.4, 0.5) is 5.82 Å². The number of hydrogen-bond donors (Lipinski definition) is 4. The van der Waals surface area contributed by atoms with Gasteiger partial charge in [-0.3, -0.25) is 9.69 Å². The van der Waals surface area contributed by atoms with E-state index in [4.69, 9.17) is 17.3 Å². The van der Waals surface area contributed by atoms with Crippen molar-refractivity contribution < 1.29 is 9.90 Å². The van der Waals surface area contributed by atoms with E-state index in [1.54, 1.807) is 17.0 Å². The smallest absolute Gasteiger partial charge is 0.248 e. The number of hydrogen-bond acceptors (Lipinski definition) is 7. The van der Waals surface area contributed by atoms with Crippen molar-refractivity contribution >= 4 is 34.5 Å². The van der Waals surface area contributed by atoms with Crippen molar-refractivity contribution in [3.63, 3.8) is 0 Å².